The number of hydrogen-bond donors (Lipinski definition) is 3. The van der Waals surface area contributed by atoms with Crippen molar-refractivity contribution in [1.82, 2.24) is 14.9 Å². The van der Waals surface area contributed by atoms with Gasteiger partial charge in [-0.05, 0) is 86.6 Å². The number of benzene rings is 4. The number of anilines is 2. The largest absolute Gasteiger partial charge is 0.372 e. The van der Waals surface area contributed by atoms with Gasteiger partial charge in [0.25, 0.3) is 16.0 Å². The molecule has 256 valence electrons. The van der Waals surface area contributed by atoms with Crippen LogP contribution in [0.4, 0.5) is 17.1 Å². The average Bonchev–Trinajstić information content (AvgIpc) is 3.67. The molecule has 1 amide bonds. The summed E-state index contributed by atoms with van der Waals surface area (Å²) in [7, 11) is -4.75. The minimum Gasteiger partial charge on any atom is -0.372 e. The number of halogens is 1. The highest BCUT2D eigenvalue weighted by atomic mass is 35.5. The minimum atomic E-state index is -4.75. The van der Waals surface area contributed by atoms with Gasteiger partial charge in [-0.2, -0.15) is 8.42 Å². The Balaban J connectivity index is 1.29. The lowest BCUT2D eigenvalue weighted by atomic mass is 10.1. The first-order chi connectivity index (χ1) is 24.1. The summed E-state index contributed by atoms with van der Waals surface area (Å²) in [6, 6.07) is 25.2. The van der Waals surface area contributed by atoms with Crippen molar-refractivity contribution in [3.63, 3.8) is 0 Å². The second-order valence-electron chi connectivity index (χ2n) is 10.6. The van der Waals surface area contributed by atoms with Gasteiger partial charge in [-0.3, -0.25) is 9.35 Å². The number of nitrogens with one attached hydrogen (secondary N) is 1. The topological polar surface area (TPSA) is 181 Å². The molecule has 0 saturated heterocycles. The molecule has 2 heterocycles. The van der Waals surface area contributed by atoms with E-state index in [0.29, 0.717) is 62.6 Å². The number of amides is 1. The van der Waals surface area contributed by atoms with Gasteiger partial charge in [0.2, 0.25) is 5.82 Å². The summed E-state index contributed by atoms with van der Waals surface area (Å²) in [5.41, 5.74) is 4.02. The molecule has 0 unspecified atom stereocenters. The van der Waals surface area contributed by atoms with Crippen molar-refractivity contribution in [3.8, 4) is 11.4 Å². The molecule has 5 aromatic rings. The van der Waals surface area contributed by atoms with Crippen molar-refractivity contribution < 1.29 is 32.4 Å². The predicted molar refractivity (Wildman–Crippen MR) is 190 cm³/mol. The van der Waals surface area contributed by atoms with Crippen LogP contribution in [0.1, 0.15) is 35.6 Å². The number of fused-ring (bicyclic) bond motifs is 1. The summed E-state index contributed by atoms with van der Waals surface area (Å²) in [6.45, 7) is 5.97. The molecule has 6 rings (SSSR count). The molecule has 0 aliphatic carbocycles. The standard InChI is InChI=1S/C33H28ClN7O7S2/c1-3-40(4-2)23-15-13-21(14-16-23)35-30-29(25-7-5-6-8-27(25)34)38-41-32(30)37-31(39-41)20-9-11-22(12-10-20)36-33(42)26-19-24(49-48-47-43)17-18-28(26)50(44,45)46/h5-19,43H,3-4H2,1-2H3,(H,36,42)(H,44,45,46). The van der Waals surface area contributed by atoms with Crippen LogP contribution >= 0.6 is 23.6 Å². The van der Waals surface area contributed by atoms with Gasteiger partial charge in [0, 0.05) is 40.5 Å². The van der Waals surface area contributed by atoms with Gasteiger partial charge < -0.3 is 10.2 Å². The van der Waals surface area contributed by atoms with Gasteiger partial charge in [-0.1, -0.05) is 34.8 Å². The predicted octanol–water partition coefficient (Wildman–Crippen LogP) is 6.76. The van der Waals surface area contributed by atoms with Gasteiger partial charge in [-0.25, -0.2) is 15.2 Å². The van der Waals surface area contributed by atoms with E-state index < -0.39 is 20.9 Å². The fraction of sp³-hybridized carbons (Fsp3) is 0.121. The molecule has 1 aliphatic rings. The SMILES string of the molecule is CCN(CC)c1ccc(N=C2C(c3ccccc3Cl)=Nn3nc(-c4ccc(NC(=O)c5cc(SOOO)ccc5S(=O)(=O)O)cc4)nc32)cc1. The molecule has 1 aliphatic heterocycles. The third-order valence-corrected chi connectivity index (χ3v) is 9.42. The zero-order valence-electron chi connectivity index (χ0n) is 26.4. The fourth-order valence-corrected chi connectivity index (χ4v) is 6.50. The maximum absolute atomic E-state index is 13.1. The molecule has 50 heavy (non-hydrogen) atoms. The van der Waals surface area contributed by atoms with Crippen molar-refractivity contribution >= 4 is 68.2 Å². The Morgan fingerprint density at radius 1 is 1.02 bits per heavy atom. The van der Waals surface area contributed by atoms with Gasteiger partial charge in [-0.15, -0.1) is 19.3 Å². The van der Waals surface area contributed by atoms with Crippen LogP contribution in [0.15, 0.2) is 111 Å². The molecular formula is C33H28ClN7O7S2. The van der Waals surface area contributed by atoms with Gasteiger partial charge in [0.1, 0.15) is 16.3 Å². The summed E-state index contributed by atoms with van der Waals surface area (Å²) in [5.74, 6) is -0.0793. The first-order valence-corrected chi connectivity index (χ1v) is 17.6. The highest BCUT2D eigenvalue weighted by Crippen LogP contribution is 2.29. The van der Waals surface area contributed by atoms with E-state index >= 15 is 0 Å². The Morgan fingerprint density at radius 3 is 2.40 bits per heavy atom. The van der Waals surface area contributed by atoms with Crippen LogP contribution < -0.4 is 10.2 Å². The van der Waals surface area contributed by atoms with Gasteiger partial charge in [0.05, 0.1) is 28.3 Å². The van der Waals surface area contributed by atoms with Crippen molar-refractivity contribution in [2.45, 2.75) is 23.6 Å². The Hall–Kier alpha value is -4.94. The van der Waals surface area contributed by atoms with Crippen molar-refractivity contribution in [1.29, 1.82) is 0 Å². The smallest absolute Gasteiger partial charge is 0.295 e. The van der Waals surface area contributed by atoms with Crippen LogP contribution in [0.5, 0.6) is 0 Å². The van der Waals surface area contributed by atoms with Gasteiger partial charge in [0.15, 0.2) is 5.82 Å². The van der Waals surface area contributed by atoms with Crippen LogP contribution in [-0.4, -0.2) is 63.5 Å². The molecule has 0 radical (unpaired) electrons. The summed E-state index contributed by atoms with van der Waals surface area (Å²) < 4.78 is 37.9. The third-order valence-electron chi connectivity index (χ3n) is 7.60. The van der Waals surface area contributed by atoms with Crippen LogP contribution in [0.3, 0.4) is 0 Å². The number of nitrogens with zero attached hydrogens (tertiary/aromatic N) is 6. The van der Waals surface area contributed by atoms with Gasteiger partial charge >= 0.3 is 0 Å². The van der Waals surface area contributed by atoms with E-state index in [4.69, 9.17) is 31.9 Å². The monoisotopic (exact) mass is 733 g/mol. The van der Waals surface area contributed by atoms with Crippen molar-refractivity contribution in [2.75, 3.05) is 23.3 Å². The van der Waals surface area contributed by atoms with Crippen molar-refractivity contribution in [2.24, 2.45) is 10.1 Å². The molecule has 0 fully saturated rings. The van der Waals surface area contributed by atoms with Crippen LogP contribution in [-0.2, 0) is 19.5 Å². The van der Waals surface area contributed by atoms with E-state index in [1.54, 1.807) is 30.3 Å². The second kappa shape index (κ2) is 14.9. The quantitative estimate of drug-likeness (QED) is 0.0534. The minimum absolute atomic E-state index is 0.214. The Kier molecular flexibility index (Phi) is 10.4. The zero-order chi connectivity index (χ0) is 35.4. The summed E-state index contributed by atoms with van der Waals surface area (Å²) in [4.78, 5) is 26.0. The van der Waals surface area contributed by atoms with Crippen LogP contribution in [0, 0.1) is 0 Å². The lowest BCUT2D eigenvalue weighted by Gasteiger charge is -2.20. The number of carbonyl (C=O) groups is 1. The molecule has 1 aromatic heterocycles. The van der Waals surface area contributed by atoms with Crippen LogP contribution in [0.2, 0.25) is 5.02 Å². The first-order valence-electron chi connectivity index (χ1n) is 15.0. The number of rotatable bonds is 12. The summed E-state index contributed by atoms with van der Waals surface area (Å²) >= 11 is 7.08. The van der Waals surface area contributed by atoms with E-state index in [9.17, 15) is 17.8 Å². The molecule has 14 nitrogen and oxygen atoms in total. The molecule has 0 saturated carbocycles. The molecule has 4 aromatic carbocycles. The van der Waals surface area contributed by atoms with E-state index in [0.717, 1.165) is 30.9 Å². The molecule has 3 N–H and O–H groups in total. The maximum atomic E-state index is 13.1. The van der Waals surface area contributed by atoms with E-state index in [1.165, 1.54) is 10.9 Å². The van der Waals surface area contributed by atoms with E-state index in [-0.39, 0.29) is 10.5 Å². The Bertz CT molecular complexity index is 2220. The maximum Gasteiger partial charge on any atom is 0.295 e. The average molecular weight is 734 g/mol. The van der Waals surface area contributed by atoms with Crippen LogP contribution in [0.25, 0.3) is 11.4 Å². The molecule has 0 spiro atoms. The zero-order valence-corrected chi connectivity index (χ0v) is 28.8. The summed E-state index contributed by atoms with van der Waals surface area (Å²) in [5, 5.41) is 24.4. The first kappa shape index (κ1) is 34.9. The summed E-state index contributed by atoms with van der Waals surface area (Å²) in [6.07, 6.45) is 0. The van der Waals surface area contributed by atoms with Crippen molar-refractivity contribution in [3.05, 3.63) is 113 Å². The Morgan fingerprint density at radius 2 is 1.74 bits per heavy atom. The lowest BCUT2D eigenvalue weighted by molar-refractivity contribution is -0.432. The number of carbonyl (C=O) groups excluding carboxylic acids is 1. The van der Waals surface area contributed by atoms with E-state index in [1.807, 2.05) is 42.5 Å². The number of hydrogen-bond acceptors (Lipinski definition) is 12. The molecule has 0 bridgehead atoms. The fourth-order valence-electron chi connectivity index (χ4n) is 5.20. The highest BCUT2D eigenvalue weighted by Gasteiger charge is 2.30. The number of aliphatic imine (C=N–C) groups is 1. The van der Waals surface area contributed by atoms with E-state index in [2.05, 4.69) is 38.5 Å². The lowest BCUT2D eigenvalue weighted by Crippen LogP contribution is -2.21. The molecular weight excluding hydrogens is 706 g/mol. The second-order valence-corrected chi connectivity index (χ2v) is 13.2. The highest BCUT2D eigenvalue weighted by molar-refractivity contribution is 7.94. The Labute approximate surface area is 295 Å². The third kappa shape index (κ3) is 7.46. The number of aromatic nitrogens is 3. The normalized spacial score (nSPS) is 13.3. The molecule has 17 heteroatoms. The molecule has 0 atom stereocenters.